The molecule has 7 nitrogen and oxygen atoms in total. The maximum Gasteiger partial charge on any atom is 0.132 e. The van der Waals surface area contributed by atoms with Crippen molar-refractivity contribution in [3.8, 4) is 5.69 Å². The zero-order valence-corrected chi connectivity index (χ0v) is 12.8. The third-order valence-electron chi connectivity index (χ3n) is 4.19. The van der Waals surface area contributed by atoms with Crippen LogP contribution in [-0.2, 0) is 19.5 Å². The van der Waals surface area contributed by atoms with E-state index in [0.717, 1.165) is 49.7 Å². The molecule has 0 aliphatic carbocycles. The molecule has 0 saturated carbocycles. The van der Waals surface area contributed by atoms with E-state index in [2.05, 4.69) is 30.3 Å². The minimum Gasteiger partial charge on any atom is -0.317 e. The number of benzene rings is 1. The standard InChI is InChI=1S/C16H19N7/c1-2-4-15(5-3-1)23-19-10-14(21-23)9-17-8-13-6-7-16-20-18-12-22(16)11-13/h1-5,10,12-13,17H,6-9,11H2. The first-order chi connectivity index (χ1) is 11.4. The molecule has 2 aromatic heterocycles. The van der Waals surface area contributed by atoms with E-state index in [1.54, 1.807) is 4.80 Å². The van der Waals surface area contributed by atoms with E-state index in [0.29, 0.717) is 5.92 Å². The molecule has 118 valence electrons. The van der Waals surface area contributed by atoms with Crippen LogP contribution in [0.5, 0.6) is 0 Å². The first-order valence-electron chi connectivity index (χ1n) is 7.92. The van der Waals surface area contributed by atoms with E-state index in [1.807, 2.05) is 42.9 Å². The van der Waals surface area contributed by atoms with Crippen molar-refractivity contribution in [1.29, 1.82) is 0 Å². The summed E-state index contributed by atoms with van der Waals surface area (Å²) in [4.78, 5) is 1.67. The molecule has 1 unspecified atom stereocenters. The molecule has 1 aromatic carbocycles. The third kappa shape index (κ3) is 3.14. The lowest BCUT2D eigenvalue weighted by molar-refractivity contribution is 0.347. The van der Waals surface area contributed by atoms with Gasteiger partial charge in [-0.15, -0.1) is 10.2 Å². The van der Waals surface area contributed by atoms with Gasteiger partial charge in [-0.2, -0.15) is 15.0 Å². The molecule has 0 amide bonds. The normalized spacial score (nSPS) is 17.1. The molecule has 3 aromatic rings. The SMILES string of the molecule is c1ccc(-n2ncc(CNCC3CCc4nncn4C3)n2)cc1. The Morgan fingerprint density at radius 2 is 2.13 bits per heavy atom. The second-order valence-corrected chi connectivity index (χ2v) is 5.90. The highest BCUT2D eigenvalue weighted by atomic mass is 15.5. The molecule has 1 atom stereocenters. The van der Waals surface area contributed by atoms with Gasteiger partial charge in [0, 0.05) is 26.1 Å². The van der Waals surface area contributed by atoms with Crippen molar-refractivity contribution in [3.63, 3.8) is 0 Å². The van der Waals surface area contributed by atoms with E-state index in [9.17, 15) is 0 Å². The average Bonchev–Trinajstić information content (AvgIpc) is 3.24. The number of aryl methyl sites for hydroxylation is 1. The predicted molar refractivity (Wildman–Crippen MR) is 84.9 cm³/mol. The van der Waals surface area contributed by atoms with E-state index < -0.39 is 0 Å². The molecule has 23 heavy (non-hydrogen) atoms. The Hall–Kier alpha value is -2.54. The van der Waals surface area contributed by atoms with E-state index in [-0.39, 0.29) is 0 Å². The van der Waals surface area contributed by atoms with Crippen molar-refractivity contribution in [2.45, 2.75) is 25.9 Å². The summed E-state index contributed by atoms with van der Waals surface area (Å²) in [5.74, 6) is 1.72. The number of nitrogens with zero attached hydrogens (tertiary/aromatic N) is 6. The van der Waals surface area contributed by atoms with Crippen LogP contribution in [0, 0.1) is 5.92 Å². The molecule has 3 heterocycles. The molecule has 4 rings (SSSR count). The van der Waals surface area contributed by atoms with Crippen LogP contribution in [0.2, 0.25) is 0 Å². The highest BCUT2D eigenvalue weighted by molar-refractivity contribution is 5.28. The van der Waals surface area contributed by atoms with Crippen molar-refractivity contribution in [1.82, 2.24) is 35.1 Å². The van der Waals surface area contributed by atoms with Gasteiger partial charge in [0.2, 0.25) is 0 Å². The number of nitrogens with one attached hydrogen (secondary N) is 1. The van der Waals surface area contributed by atoms with Gasteiger partial charge >= 0.3 is 0 Å². The van der Waals surface area contributed by atoms with Crippen LogP contribution in [0.15, 0.2) is 42.9 Å². The van der Waals surface area contributed by atoms with Crippen LogP contribution in [0.3, 0.4) is 0 Å². The van der Waals surface area contributed by atoms with Gasteiger partial charge in [-0.25, -0.2) is 0 Å². The van der Waals surface area contributed by atoms with Crippen LogP contribution < -0.4 is 5.32 Å². The topological polar surface area (TPSA) is 73.5 Å². The minimum atomic E-state index is 0.614. The second kappa shape index (κ2) is 6.29. The Labute approximate surface area is 134 Å². The number of fused-ring (bicyclic) bond motifs is 1. The highest BCUT2D eigenvalue weighted by Crippen LogP contribution is 2.17. The third-order valence-corrected chi connectivity index (χ3v) is 4.19. The van der Waals surface area contributed by atoms with Gasteiger partial charge in [0.05, 0.1) is 17.6 Å². The summed E-state index contributed by atoms with van der Waals surface area (Å²) in [7, 11) is 0. The zero-order valence-electron chi connectivity index (χ0n) is 12.8. The van der Waals surface area contributed by atoms with E-state index in [4.69, 9.17) is 0 Å². The fraction of sp³-hybridized carbons (Fsp3) is 0.375. The Kier molecular flexibility index (Phi) is 3.85. The summed E-state index contributed by atoms with van der Waals surface area (Å²) in [6, 6.07) is 9.95. The maximum absolute atomic E-state index is 4.51. The van der Waals surface area contributed by atoms with Gasteiger partial charge in [-0.3, -0.25) is 0 Å². The first kappa shape index (κ1) is 14.1. The largest absolute Gasteiger partial charge is 0.317 e. The molecular weight excluding hydrogens is 290 g/mol. The molecule has 1 aliphatic heterocycles. The lowest BCUT2D eigenvalue weighted by Crippen LogP contribution is -2.29. The first-order valence-corrected chi connectivity index (χ1v) is 7.92. The molecular formula is C16H19N7. The van der Waals surface area contributed by atoms with Gasteiger partial charge in [-0.05, 0) is 24.5 Å². The van der Waals surface area contributed by atoms with Gasteiger partial charge < -0.3 is 9.88 Å². The summed E-state index contributed by atoms with van der Waals surface area (Å²) in [6.07, 6.45) is 5.81. The molecule has 1 aliphatic rings. The lowest BCUT2D eigenvalue weighted by Gasteiger charge is -2.23. The summed E-state index contributed by atoms with van der Waals surface area (Å²) in [5, 5.41) is 20.4. The number of para-hydroxylation sites is 1. The fourth-order valence-corrected chi connectivity index (χ4v) is 2.96. The van der Waals surface area contributed by atoms with Crippen LogP contribution in [0.4, 0.5) is 0 Å². The minimum absolute atomic E-state index is 0.614. The van der Waals surface area contributed by atoms with Crippen molar-refractivity contribution in [2.24, 2.45) is 5.92 Å². The Morgan fingerprint density at radius 3 is 3.04 bits per heavy atom. The maximum atomic E-state index is 4.51. The van der Waals surface area contributed by atoms with Gasteiger partial charge in [0.25, 0.3) is 0 Å². The molecule has 1 N–H and O–H groups in total. The van der Waals surface area contributed by atoms with Crippen molar-refractivity contribution >= 4 is 0 Å². The Balaban J connectivity index is 1.30. The number of hydrogen-bond donors (Lipinski definition) is 1. The van der Waals surface area contributed by atoms with Crippen LogP contribution >= 0.6 is 0 Å². The monoisotopic (exact) mass is 309 g/mol. The van der Waals surface area contributed by atoms with E-state index in [1.165, 1.54) is 0 Å². The van der Waals surface area contributed by atoms with Gasteiger partial charge in [-0.1, -0.05) is 18.2 Å². The molecule has 0 fully saturated rings. The number of rotatable bonds is 5. The molecule has 0 spiro atoms. The second-order valence-electron chi connectivity index (χ2n) is 5.90. The Morgan fingerprint density at radius 1 is 1.22 bits per heavy atom. The summed E-state index contributed by atoms with van der Waals surface area (Å²) in [6.45, 7) is 2.69. The lowest BCUT2D eigenvalue weighted by atomic mass is 9.99. The summed E-state index contributed by atoms with van der Waals surface area (Å²) in [5.41, 5.74) is 1.93. The van der Waals surface area contributed by atoms with Gasteiger partial charge in [0.15, 0.2) is 0 Å². The van der Waals surface area contributed by atoms with E-state index >= 15 is 0 Å². The number of hydrogen-bond acceptors (Lipinski definition) is 5. The average molecular weight is 309 g/mol. The van der Waals surface area contributed by atoms with Crippen molar-refractivity contribution < 1.29 is 0 Å². The Bertz CT molecular complexity index is 762. The van der Waals surface area contributed by atoms with Gasteiger partial charge in [0.1, 0.15) is 12.2 Å². The molecule has 0 bridgehead atoms. The van der Waals surface area contributed by atoms with Crippen LogP contribution in [0.25, 0.3) is 5.69 Å². The van der Waals surface area contributed by atoms with Crippen LogP contribution in [-0.4, -0.2) is 36.3 Å². The highest BCUT2D eigenvalue weighted by Gasteiger charge is 2.19. The fourth-order valence-electron chi connectivity index (χ4n) is 2.96. The van der Waals surface area contributed by atoms with Crippen molar-refractivity contribution in [3.05, 3.63) is 54.4 Å². The predicted octanol–water partition coefficient (Wildman–Crippen LogP) is 1.21. The zero-order chi connectivity index (χ0) is 15.5. The number of aromatic nitrogens is 6. The molecule has 0 radical (unpaired) electrons. The summed E-state index contributed by atoms with van der Waals surface area (Å²) < 4.78 is 2.15. The summed E-state index contributed by atoms with van der Waals surface area (Å²) >= 11 is 0. The van der Waals surface area contributed by atoms with Crippen LogP contribution in [0.1, 0.15) is 17.9 Å². The quantitative estimate of drug-likeness (QED) is 0.767. The molecule has 0 saturated heterocycles. The van der Waals surface area contributed by atoms with Crippen molar-refractivity contribution in [2.75, 3.05) is 6.54 Å². The smallest absolute Gasteiger partial charge is 0.132 e. The molecule has 7 heteroatoms.